The van der Waals surface area contributed by atoms with Crippen molar-refractivity contribution in [2.24, 2.45) is 0 Å². The Morgan fingerprint density at radius 2 is 2.06 bits per heavy atom. The first-order chi connectivity index (χ1) is 7.90. The standard InChI is InChI=1S/C13H26N2S/c1-2-16-13-7-3-6-12(13)15-11-5-4-9-14-10-8-11/h11-15H,2-10H2,1H3. The van der Waals surface area contributed by atoms with E-state index in [9.17, 15) is 0 Å². The summed E-state index contributed by atoms with van der Waals surface area (Å²) in [5.74, 6) is 1.27. The summed E-state index contributed by atoms with van der Waals surface area (Å²) in [4.78, 5) is 0. The number of hydrogen-bond donors (Lipinski definition) is 2. The van der Waals surface area contributed by atoms with E-state index < -0.39 is 0 Å². The first-order valence-electron chi connectivity index (χ1n) is 6.98. The average Bonchev–Trinajstić information content (AvgIpc) is 2.56. The normalized spacial score (nSPS) is 36.2. The van der Waals surface area contributed by atoms with E-state index in [2.05, 4.69) is 29.3 Å². The molecule has 94 valence electrons. The van der Waals surface area contributed by atoms with Crippen LogP contribution in [0.4, 0.5) is 0 Å². The van der Waals surface area contributed by atoms with Crippen molar-refractivity contribution in [3.05, 3.63) is 0 Å². The van der Waals surface area contributed by atoms with E-state index in [0.717, 1.165) is 17.3 Å². The Balaban J connectivity index is 1.78. The Kier molecular flexibility index (Phi) is 5.46. The van der Waals surface area contributed by atoms with Crippen molar-refractivity contribution in [2.45, 2.75) is 62.8 Å². The largest absolute Gasteiger partial charge is 0.317 e. The van der Waals surface area contributed by atoms with Gasteiger partial charge in [0.25, 0.3) is 0 Å². The van der Waals surface area contributed by atoms with E-state index in [0.29, 0.717) is 0 Å². The van der Waals surface area contributed by atoms with Crippen LogP contribution in [0.1, 0.15) is 45.4 Å². The van der Waals surface area contributed by atoms with Gasteiger partial charge in [0.05, 0.1) is 0 Å². The molecule has 2 aliphatic rings. The Morgan fingerprint density at radius 1 is 1.12 bits per heavy atom. The summed E-state index contributed by atoms with van der Waals surface area (Å²) >= 11 is 2.16. The minimum absolute atomic E-state index is 0.776. The molecule has 0 spiro atoms. The second kappa shape index (κ2) is 6.87. The molecular weight excluding hydrogens is 216 g/mol. The molecule has 1 aliphatic heterocycles. The maximum Gasteiger partial charge on any atom is 0.0201 e. The first kappa shape index (κ1) is 12.7. The molecule has 0 radical (unpaired) electrons. The third kappa shape index (κ3) is 3.64. The molecule has 0 aromatic heterocycles. The summed E-state index contributed by atoms with van der Waals surface area (Å²) in [5, 5.41) is 8.32. The third-order valence-electron chi connectivity index (χ3n) is 3.86. The zero-order valence-electron chi connectivity index (χ0n) is 10.5. The van der Waals surface area contributed by atoms with Crippen LogP contribution < -0.4 is 10.6 Å². The highest BCUT2D eigenvalue weighted by Gasteiger charge is 2.28. The van der Waals surface area contributed by atoms with Crippen molar-refractivity contribution in [3.8, 4) is 0 Å². The summed E-state index contributed by atoms with van der Waals surface area (Å²) in [5.41, 5.74) is 0. The van der Waals surface area contributed by atoms with Crippen LogP contribution in [0.15, 0.2) is 0 Å². The molecule has 3 unspecified atom stereocenters. The molecule has 0 amide bonds. The summed E-state index contributed by atoms with van der Waals surface area (Å²) in [7, 11) is 0. The van der Waals surface area contributed by atoms with Gasteiger partial charge in [-0.3, -0.25) is 0 Å². The van der Waals surface area contributed by atoms with Crippen LogP contribution in [0.3, 0.4) is 0 Å². The van der Waals surface area contributed by atoms with E-state index in [1.807, 2.05) is 0 Å². The fraction of sp³-hybridized carbons (Fsp3) is 1.00. The van der Waals surface area contributed by atoms with E-state index >= 15 is 0 Å². The molecular formula is C13H26N2S. The highest BCUT2D eigenvalue weighted by Crippen LogP contribution is 2.30. The van der Waals surface area contributed by atoms with Crippen LogP contribution in [-0.2, 0) is 0 Å². The topological polar surface area (TPSA) is 24.1 Å². The molecule has 0 aromatic rings. The van der Waals surface area contributed by atoms with Crippen molar-refractivity contribution < 1.29 is 0 Å². The van der Waals surface area contributed by atoms with E-state index in [-0.39, 0.29) is 0 Å². The fourth-order valence-electron chi connectivity index (χ4n) is 3.02. The molecule has 3 atom stereocenters. The summed E-state index contributed by atoms with van der Waals surface area (Å²) < 4.78 is 0. The lowest BCUT2D eigenvalue weighted by Crippen LogP contribution is -2.42. The van der Waals surface area contributed by atoms with Crippen molar-refractivity contribution in [3.63, 3.8) is 0 Å². The Labute approximate surface area is 104 Å². The Hall–Kier alpha value is 0.270. The fourth-order valence-corrected chi connectivity index (χ4v) is 4.23. The van der Waals surface area contributed by atoms with Gasteiger partial charge in [-0.15, -0.1) is 0 Å². The molecule has 0 bridgehead atoms. The van der Waals surface area contributed by atoms with E-state index in [4.69, 9.17) is 0 Å². The third-order valence-corrected chi connectivity index (χ3v) is 5.18. The molecule has 2 fully saturated rings. The Bertz CT molecular complexity index is 190. The molecule has 2 N–H and O–H groups in total. The van der Waals surface area contributed by atoms with Crippen LogP contribution in [-0.4, -0.2) is 36.2 Å². The van der Waals surface area contributed by atoms with Gasteiger partial charge >= 0.3 is 0 Å². The summed E-state index contributed by atoms with van der Waals surface area (Å²) in [6, 6.07) is 1.58. The molecule has 2 nitrogen and oxygen atoms in total. The molecule has 16 heavy (non-hydrogen) atoms. The predicted octanol–water partition coefficient (Wildman–Crippen LogP) is 2.39. The second-order valence-corrected chi connectivity index (χ2v) is 6.59. The zero-order valence-corrected chi connectivity index (χ0v) is 11.3. The Morgan fingerprint density at radius 3 is 2.94 bits per heavy atom. The number of nitrogens with one attached hydrogen (secondary N) is 2. The maximum atomic E-state index is 3.93. The van der Waals surface area contributed by atoms with Gasteiger partial charge in [-0.2, -0.15) is 11.8 Å². The van der Waals surface area contributed by atoms with Crippen LogP contribution in [0.25, 0.3) is 0 Å². The molecule has 0 aromatic carbocycles. The second-order valence-electron chi connectivity index (χ2n) is 5.08. The van der Waals surface area contributed by atoms with Crippen molar-refractivity contribution in [1.29, 1.82) is 0 Å². The van der Waals surface area contributed by atoms with Gasteiger partial charge in [-0.1, -0.05) is 13.3 Å². The van der Waals surface area contributed by atoms with Gasteiger partial charge < -0.3 is 10.6 Å². The van der Waals surface area contributed by atoms with Gasteiger partial charge in [0.1, 0.15) is 0 Å². The highest BCUT2D eigenvalue weighted by atomic mass is 32.2. The van der Waals surface area contributed by atoms with Gasteiger partial charge in [-0.25, -0.2) is 0 Å². The monoisotopic (exact) mass is 242 g/mol. The van der Waals surface area contributed by atoms with Gasteiger partial charge in [0.2, 0.25) is 0 Å². The van der Waals surface area contributed by atoms with Gasteiger partial charge in [0, 0.05) is 17.3 Å². The quantitative estimate of drug-likeness (QED) is 0.791. The maximum absolute atomic E-state index is 3.93. The number of thioether (sulfide) groups is 1. The summed E-state index contributed by atoms with van der Waals surface area (Å²) in [6.07, 6.45) is 8.30. The van der Waals surface area contributed by atoms with Crippen LogP contribution in [0.5, 0.6) is 0 Å². The van der Waals surface area contributed by atoms with Crippen molar-refractivity contribution >= 4 is 11.8 Å². The lowest BCUT2D eigenvalue weighted by Gasteiger charge is -2.26. The minimum atomic E-state index is 0.776. The lowest BCUT2D eigenvalue weighted by atomic mass is 10.1. The van der Waals surface area contributed by atoms with E-state index in [1.165, 1.54) is 57.4 Å². The van der Waals surface area contributed by atoms with Crippen LogP contribution in [0, 0.1) is 0 Å². The lowest BCUT2D eigenvalue weighted by molar-refractivity contribution is 0.406. The molecule has 1 aliphatic carbocycles. The summed E-state index contributed by atoms with van der Waals surface area (Å²) in [6.45, 7) is 4.71. The molecule has 1 heterocycles. The van der Waals surface area contributed by atoms with Gasteiger partial charge in [-0.05, 0) is 50.9 Å². The van der Waals surface area contributed by atoms with Gasteiger partial charge in [0.15, 0.2) is 0 Å². The first-order valence-corrected chi connectivity index (χ1v) is 8.03. The number of hydrogen-bond acceptors (Lipinski definition) is 3. The van der Waals surface area contributed by atoms with Crippen LogP contribution in [0.2, 0.25) is 0 Å². The minimum Gasteiger partial charge on any atom is -0.317 e. The smallest absolute Gasteiger partial charge is 0.0201 e. The molecule has 1 saturated heterocycles. The molecule has 2 rings (SSSR count). The SMILES string of the molecule is CCSC1CCCC1NC1CCCNCC1. The van der Waals surface area contributed by atoms with Crippen molar-refractivity contribution in [1.82, 2.24) is 10.6 Å². The highest BCUT2D eigenvalue weighted by molar-refractivity contribution is 7.99. The van der Waals surface area contributed by atoms with Crippen molar-refractivity contribution in [2.75, 3.05) is 18.8 Å². The molecule has 3 heteroatoms. The predicted molar refractivity (Wildman–Crippen MR) is 73.2 cm³/mol. The molecule has 1 saturated carbocycles. The zero-order chi connectivity index (χ0) is 11.2. The average molecular weight is 242 g/mol. The van der Waals surface area contributed by atoms with Crippen LogP contribution >= 0.6 is 11.8 Å². The number of rotatable bonds is 4. The van der Waals surface area contributed by atoms with E-state index in [1.54, 1.807) is 0 Å².